The van der Waals surface area contributed by atoms with Crippen molar-refractivity contribution in [2.24, 2.45) is 0 Å². The molecule has 0 spiro atoms. The van der Waals surface area contributed by atoms with Gasteiger partial charge in [-0.15, -0.1) is 11.8 Å². The molecular weight excluding hydrogens is 330 g/mol. The van der Waals surface area contributed by atoms with Crippen LogP contribution in [0, 0.1) is 17.0 Å². The fraction of sp³-hybridized carbons (Fsp3) is 0.176. The van der Waals surface area contributed by atoms with Crippen LogP contribution in [0.1, 0.15) is 26.3 Å². The minimum absolute atomic E-state index is 0.131. The van der Waals surface area contributed by atoms with Gasteiger partial charge in [0.1, 0.15) is 5.56 Å². The van der Waals surface area contributed by atoms with E-state index in [1.807, 2.05) is 6.26 Å². The second kappa shape index (κ2) is 7.74. The molecule has 0 N–H and O–H groups in total. The molecule has 7 heteroatoms. The van der Waals surface area contributed by atoms with Crippen LogP contribution in [0.3, 0.4) is 0 Å². The maximum absolute atomic E-state index is 12.1. The van der Waals surface area contributed by atoms with Crippen LogP contribution < -0.4 is 0 Å². The first-order valence-corrected chi connectivity index (χ1v) is 8.25. The lowest BCUT2D eigenvalue weighted by molar-refractivity contribution is -0.385. The van der Waals surface area contributed by atoms with E-state index in [0.29, 0.717) is 11.1 Å². The van der Waals surface area contributed by atoms with E-state index in [4.69, 9.17) is 4.74 Å². The second-order valence-electron chi connectivity index (χ2n) is 4.95. The molecular formula is C17H15NO5S. The molecule has 0 aliphatic heterocycles. The summed E-state index contributed by atoms with van der Waals surface area (Å²) in [7, 11) is 0. The highest BCUT2D eigenvalue weighted by atomic mass is 32.2. The Balaban J connectivity index is 2.10. The average molecular weight is 345 g/mol. The number of carbonyl (C=O) groups is 2. The Labute approximate surface area is 143 Å². The molecule has 0 amide bonds. The molecule has 0 aliphatic rings. The van der Waals surface area contributed by atoms with Gasteiger partial charge in [-0.1, -0.05) is 24.3 Å². The number of aryl methyl sites for hydroxylation is 1. The summed E-state index contributed by atoms with van der Waals surface area (Å²) < 4.78 is 4.97. The molecule has 24 heavy (non-hydrogen) atoms. The van der Waals surface area contributed by atoms with Gasteiger partial charge in [-0.3, -0.25) is 14.9 Å². The highest BCUT2D eigenvalue weighted by Gasteiger charge is 2.24. The lowest BCUT2D eigenvalue weighted by atomic mass is 10.1. The molecule has 2 aromatic carbocycles. The van der Waals surface area contributed by atoms with Gasteiger partial charge in [-0.2, -0.15) is 0 Å². The molecule has 0 aromatic heterocycles. The third-order valence-corrected chi connectivity index (χ3v) is 4.14. The normalized spacial score (nSPS) is 10.2. The summed E-state index contributed by atoms with van der Waals surface area (Å²) in [6.45, 7) is 1.11. The van der Waals surface area contributed by atoms with Crippen LogP contribution in [0.2, 0.25) is 0 Å². The summed E-state index contributed by atoms with van der Waals surface area (Å²) in [6.07, 6.45) is 1.92. The van der Waals surface area contributed by atoms with Crippen LogP contribution in [-0.2, 0) is 4.74 Å². The van der Waals surface area contributed by atoms with Crippen molar-refractivity contribution >= 4 is 29.2 Å². The van der Waals surface area contributed by atoms with E-state index in [1.54, 1.807) is 49.0 Å². The number of benzene rings is 2. The Kier molecular flexibility index (Phi) is 5.70. The molecule has 0 fully saturated rings. The quantitative estimate of drug-likeness (QED) is 0.261. The number of hydrogen-bond donors (Lipinski definition) is 0. The minimum atomic E-state index is -0.881. The summed E-state index contributed by atoms with van der Waals surface area (Å²) in [5, 5.41) is 11.0. The molecule has 0 radical (unpaired) electrons. The fourth-order valence-corrected chi connectivity index (χ4v) is 2.54. The van der Waals surface area contributed by atoms with Crippen molar-refractivity contribution in [1.82, 2.24) is 0 Å². The van der Waals surface area contributed by atoms with Crippen molar-refractivity contribution < 1.29 is 19.2 Å². The van der Waals surface area contributed by atoms with E-state index in [9.17, 15) is 19.7 Å². The second-order valence-corrected chi connectivity index (χ2v) is 5.83. The van der Waals surface area contributed by atoms with Gasteiger partial charge in [0.15, 0.2) is 12.4 Å². The van der Waals surface area contributed by atoms with Gasteiger partial charge in [0.25, 0.3) is 5.69 Å². The maximum atomic E-state index is 12.1. The Morgan fingerprint density at radius 3 is 2.42 bits per heavy atom. The first-order valence-electron chi connectivity index (χ1n) is 7.02. The summed E-state index contributed by atoms with van der Waals surface area (Å²) >= 11 is 1.55. The molecule has 2 rings (SSSR count). The number of Topliss-reactive ketones (excluding diaryl/α,β-unsaturated/α-hetero) is 1. The summed E-state index contributed by atoms with van der Waals surface area (Å²) in [4.78, 5) is 35.6. The highest BCUT2D eigenvalue weighted by molar-refractivity contribution is 7.98. The van der Waals surface area contributed by atoms with Crippen LogP contribution in [0.4, 0.5) is 5.69 Å². The number of ether oxygens (including phenoxy) is 1. The Morgan fingerprint density at radius 2 is 1.83 bits per heavy atom. The number of nitro groups is 1. The van der Waals surface area contributed by atoms with Gasteiger partial charge < -0.3 is 4.74 Å². The van der Waals surface area contributed by atoms with Crippen LogP contribution in [-0.4, -0.2) is 29.5 Å². The topological polar surface area (TPSA) is 86.5 Å². The Morgan fingerprint density at radius 1 is 1.17 bits per heavy atom. The van der Waals surface area contributed by atoms with E-state index >= 15 is 0 Å². The van der Waals surface area contributed by atoms with Crippen molar-refractivity contribution in [2.75, 3.05) is 12.9 Å². The molecule has 0 saturated carbocycles. The predicted molar refractivity (Wildman–Crippen MR) is 90.7 cm³/mol. The Hall–Kier alpha value is -2.67. The van der Waals surface area contributed by atoms with E-state index in [1.165, 1.54) is 12.1 Å². The fourth-order valence-electron chi connectivity index (χ4n) is 2.13. The molecule has 0 heterocycles. The maximum Gasteiger partial charge on any atom is 0.345 e. The summed E-state index contributed by atoms with van der Waals surface area (Å²) in [5.74, 6) is -1.25. The lowest BCUT2D eigenvalue weighted by Gasteiger charge is -2.07. The molecule has 0 bridgehead atoms. The zero-order valence-electron chi connectivity index (χ0n) is 13.1. The lowest BCUT2D eigenvalue weighted by Crippen LogP contribution is -2.16. The number of rotatable bonds is 6. The van der Waals surface area contributed by atoms with Crippen molar-refractivity contribution in [1.29, 1.82) is 0 Å². The van der Waals surface area contributed by atoms with Crippen LogP contribution in [0.5, 0.6) is 0 Å². The number of hydrogen-bond acceptors (Lipinski definition) is 6. The number of esters is 1. The summed E-state index contributed by atoms with van der Waals surface area (Å²) in [6, 6.07) is 11.2. The standard InChI is InChI=1S/C17H15NO5S/c1-11-4-3-5-14(18(21)22)16(11)17(20)23-10-15(19)12-6-8-13(24-2)9-7-12/h3-9H,10H2,1-2H3. The number of thioether (sulfide) groups is 1. The van der Waals surface area contributed by atoms with Crippen molar-refractivity contribution in [3.05, 3.63) is 69.3 Å². The molecule has 0 unspecified atom stereocenters. The molecule has 124 valence electrons. The highest BCUT2D eigenvalue weighted by Crippen LogP contribution is 2.23. The molecule has 6 nitrogen and oxygen atoms in total. The van der Waals surface area contributed by atoms with Crippen LogP contribution in [0.25, 0.3) is 0 Å². The Bertz CT molecular complexity index is 786. The van der Waals surface area contributed by atoms with Gasteiger partial charge in [-0.05, 0) is 30.9 Å². The van der Waals surface area contributed by atoms with Crippen molar-refractivity contribution in [3.63, 3.8) is 0 Å². The first kappa shape index (κ1) is 17.7. The van der Waals surface area contributed by atoms with Gasteiger partial charge in [0, 0.05) is 16.5 Å². The molecule has 0 saturated heterocycles. The number of nitrogens with zero attached hydrogens (tertiary/aromatic N) is 1. The van der Waals surface area contributed by atoms with Crippen molar-refractivity contribution in [2.45, 2.75) is 11.8 Å². The molecule has 0 atom stereocenters. The average Bonchev–Trinajstić information content (AvgIpc) is 2.59. The minimum Gasteiger partial charge on any atom is -0.453 e. The number of ketones is 1. The van der Waals surface area contributed by atoms with Gasteiger partial charge >= 0.3 is 5.97 Å². The zero-order chi connectivity index (χ0) is 17.7. The zero-order valence-corrected chi connectivity index (χ0v) is 14.0. The predicted octanol–water partition coefficient (Wildman–Crippen LogP) is 3.66. The van der Waals surface area contributed by atoms with Gasteiger partial charge in [-0.25, -0.2) is 4.79 Å². The van der Waals surface area contributed by atoms with Gasteiger partial charge in [0.05, 0.1) is 4.92 Å². The smallest absolute Gasteiger partial charge is 0.345 e. The van der Waals surface area contributed by atoms with E-state index < -0.39 is 17.5 Å². The van der Waals surface area contributed by atoms with Gasteiger partial charge in [0.2, 0.25) is 0 Å². The van der Waals surface area contributed by atoms with E-state index in [-0.39, 0.29) is 17.0 Å². The largest absolute Gasteiger partial charge is 0.453 e. The monoisotopic (exact) mass is 345 g/mol. The number of carbonyl (C=O) groups excluding carboxylic acids is 2. The van der Waals surface area contributed by atoms with E-state index in [2.05, 4.69) is 0 Å². The molecule has 2 aromatic rings. The van der Waals surface area contributed by atoms with Crippen LogP contribution in [0.15, 0.2) is 47.4 Å². The van der Waals surface area contributed by atoms with E-state index in [0.717, 1.165) is 4.90 Å². The first-order chi connectivity index (χ1) is 11.4. The van der Waals surface area contributed by atoms with Crippen LogP contribution >= 0.6 is 11.8 Å². The summed E-state index contributed by atoms with van der Waals surface area (Å²) in [5.41, 5.74) is 0.371. The third kappa shape index (κ3) is 3.99. The third-order valence-electron chi connectivity index (χ3n) is 3.40. The SMILES string of the molecule is CSc1ccc(C(=O)COC(=O)c2c(C)cccc2[N+](=O)[O-])cc1. The number of nitro benzene ring substituents is 1. The van der Waals surface area contributed by atoms with Crippen molar-refractivity contribution in [3.8, 4) is 0 Å². The molecule has 0 aliphatic carbocycles.